The predicted molar refractivity (Wildman–Crippen MR) is 95.5 cm³/mol. The number of hydrogen-bond acceptors (Lipinski definition) is 3. The summed E-state index contributed by atoms with van der Waals surface area (Å²) < 4.78 is 19.8. The summed E-state index contributed by atoms with van der Waals surface area (Å²) in [5.74, 6) is 0.836. The number of nitrogens with one attached hydrogen (secondary N) is 1. The number of rotatable bonds is 5. The Kier molecular flexibility index (Phi) is 8.69. The zero-order chi connectivity index (χ0) is 15.1. The van der Waals surface area contributed by atoms with E-state index in [0.717, 1.165) is 31.2 Å². The Balaban J connectivity index is 0.00000242. The lowest BCUT2D eigenvalue weighted by molar-refractivity contribution is -0.00804. The van der Waals surface area contributed by atoms with Crippen molar-refractivity contribution in [2.75, 3.05) is 39.5 Å². The molecule has 0 radical (unpaired) electrons. The Morgan fingerprint density at radius 1 is 1.59 bits per heavy atom. The predicted octanol–water partition coefficient (Wildman–Crippen LogP) is 1.74. The summed E-state index contributed by atoms with van der Waals surface area (Å²) in [5.41, 5.74) is 1.07. The van der Waals surface area contributed by atoms with E-state index >= 15 is 0 Å². The standard InChI is InChI=1S/C14H24FN5O.HI/c1-3-16-14(17-6-4-5-15)20-7-8-21-13(11-20)12-9-18-19(2)10-12;/h9-10,13H,3-8,11H2,1-2H3,(H,16,17);1H. The van der Waals surface area contributed by atoms with Crippen LogP contribution < -0.4 is 5.32 Å². The average molecular weight is 425 g/mol. The summed E-state index contributed by atoms with van der Waals surface area (Å²) in [5, 5.41) is 7.45. The number of nitrogens with zero attached hydrogens (tertiary/aromatic N) is 4. The summed E-state index contributed by atoms with van der Waals surface area (Å²) in [7, 11) is 1.90. The maximum absolute atomic E-state index is 12.2. The number of aryl methyl sites for hydroxylation is 1. The number of guanidine groups is 1. The Hall–Kier alpha value is -0.900. The Bertz CT molecular complexity index is 468. The molecule has 6 nitrogen and oxygen atoms in total. The third kappa shape index (κ3) is 5.38. The second-order valence-electron chi connectivity index (χ2n) is 5.03. The first kappa shape index (κ1) is 19.1. The molecule has 0 spiro atoms. The smallest absolute Gasteiger partial charge is 0.194 e. The second kappa shape index (κ2) is 9.98. The minimum atomic E-state index is -0.329. The minimum absolute atomic E-state index is 0. The van der Waals surface area contributed by atoms with Gasteiger partial charge in [0, 0.05) is 38.4 Å². The molecule has 0 saturated carbocycles. The maximum atomic E-state index is 12.2. The van der Waals surface area contributed by atoms with Crippen molar-refractivity contribution in [3.05, 3.63) is 18.0 Å². The first-order valence-electron chi connectivity index (χ1n) is 7.44. The van der Waals surface area contributed by atoms with E-state index in [2.05, 4.69) is 20.3 Å². The van der Waals surface area contributed by atoms with E-state index in [1.165, 1.54) is 0 Å². The summed E-state index contributed by atoms with van der Waals surface area (Å²) in [4.78, 5) is 6.64. The first-order chi connectivity index (χ1) is 10.2. The molecule has 1 aliphatic heterocycles. The molecule has 0 bridgehead atoms. The van der Waals surface area contributed by atoms with Crippen LogP contribution in [-0.4, -0.2) is 60.1 Å². The Labute approximate surface area is 148 Å². The van der Waals surface area contributed by atoms with E-state index in [1.54, 1.807) is 4.68 Å². The molecular formula is C14H25FIN5O. The Morgan fingerprint density at radius 2 is 2.41 bits per heavy atom. The molecule has 1 unspecified atom stereocenters. The van der Waals surface area contributed by atoms with Gasteiger partial charge in [-0.3, -0.25) is 14.1 Å². The van der Waals surface area contributed by atoms with Gasteiger partial charge in [-0.05, 0) is 13.3 Å². The zero-order valence-electron chi connectivity index (χ0n) is 13.2. The van der Waals surface area contributed by atoms with Crippen molar-refractivity contribution in [1.29, 1.82) is 0 Å². The van der Waals surface area contributed by atoms with Crippen LogP contribution in [0.5, 0.6) is 0 Å². The quantitative estimate of drug-likeness (QED) is 0.338. The summed E-state index contributed by atoms with van der Waals surface area (Å²) in [6.45, 7) is 5.17. The van der Waals surface area contributed by atoms with Crippen molar-refractivity contribution in [1.82, 2.24) is 20.0 Å². The van der Waals surface area contributed by atoms with Crippen LogP contribution in [-0.2, 0) is 11.8 Å². The topological polar surface area (TPSA) is 54.7 Å². The average Bonchev–Trinajstić information content (AvgIpc) is 2.93. The highest BCUT2D eigenvalue weighted by Crippen LogP contribution is 2.21. The van der Waals surface area contributed by atoms with Crippen LogP contribution in [0.4, 0.5) is 4.39 Å². The number of aromatic nitrogens is 2. The van der Waals surface area contributed by atoms with E-state index in [0.29, 0.717) is 19.6 Å². The minimum Gasteiger partial charge on any atom is -0.370 e. The molecular weight excluding hydrogens is 400 g/mol. The molecule has 0 amide bonds. The summed E-state index contributed by atoms with van der Waals surface area (Å²) >= 11 is 0. The fraction of sp³-hybridized carbons (Fsp3) is 0.714. The zero-order valence-corrected chi connectivity index (χ0v) is 15.5. The summed E-state index contributed by atoms with van der Waals surface area (Å²) in [6.07, 6.45) is 4.27. The van der Waals surface area contributed by atoms with Gasteiger partial charge >= 0.3 is 0 Å². The number of alkyl halides is 1. The van der Waals surface area contributed by atoms with Gasteiger partial charge in [-0.25, -0.2) is 0 Å². The molecule has 126 valence electrons. The van der Waals surface area contributed by atoms with Gasteiger partial charge in [0.1, 0.15) is 6.10 Å². The lowest BCUT2D eigenvalue weighted by Gasteiger charge is -2.34. The molecule has 0 aromatic carbocycles. The molecule has 1 aromatic rings. The van der Waals surface area contributed by atoms with Crippen molar-refractivity contribution in [2.45, 2.75) is 19.4 Å². The maximum Gasteiger partial charge on any atom is 0.194 e. The molecule has 22 heavy (non-hydrogen) atoms. The van der Waals surface area contributed by atoms with E-state index in [-0.39, 0.29) is 36.8 Å². The molecule has 1 aromatic heterocycles. The number of halogens is 2. The van der Waals surface area contributed by atoms with Gasteiger partial charge in [0.2, 0.25) is 0 Å². The van der Waals surface area contributed by atoms with Gasteiger partial charge in [-0.15, -0.1) is 24.0 Å². The molecule has 1 N–H and O–H groups in total. The summed E-state index contributed by atoms with van der Waals surface area (Å²) in [6, 6.07) is 0. The van der Waals surface area contributed by atoms with E-state index < -0.39 is 0 Å². The fourth-order valence-electron chi connectivity index (χ4n) is 2.32. The molecule has 1 atom stereocenters. The van der Waals surface area contributed by atoms with Gasteiger partial charge in [-0.2, -0.15) is 5.10 Å². The van der Waals surface area contributed by atoms with Crippen LogP contribution in [0.15, 0.2) is 17.4 Å². The second-order valence-corrected chi connectivity index (χ2v) is 5.03. The number of aliphatic imine (C=N–C) groups is 1. The lowest BCUT2D eigenvalue weighted by Crippen LogP contribution is -2.48. The van der Waals surface area contributed by atoms with Crippen molar-refractivity contribution >= 4 is 29.9 Å². The molecule has 0 aliphatic carbocycles. The van der Waals surface area contributed by atoms with Gasteiger partial charge < -0.3 is 15.0 Å². The fourth-order valence-corrected chi connectivity index (χ4v) is 2.32. The molecule has 2 heterocycles. The van der Waals surface area contributed by atoms with Gasteiger partial charge in [-0.1, -0.05) is 0 Å². The number of morpholine rings is 1. The molecule has 2 rings (SSSR count). The van der Waals surface area contributed by atoms with Crippen LogP contribution in [0.3, 0.4) is 0 Å². The van der Waals surface area contributed by atoms with Crippen LogP contribution in [0.2, 0.25) is 0 Å². The van der Waals surface area contributed by atoms with Crippen LogP contribution in [0, 0.1) is 0 Å². The Morgan fingerprint density at radius 3 is 3.05 bits per heavy atom. The van der Waals surface area contributed by atoms with Crippen LogP contribution in [0.25, 0.3) is 0 Å². The molecule has 1 fully saturated rings. The van der Waals surface area contributed by atoms with Gasteiger partial charge in [0.05, 0.1) is 26.0 Å². The largest absolute Gasteiger partial charge is 0.370 e. The first-order valence-corrected chi connectivity index (χ1v) is 7.44. The third-order valence-electron chi connectivity index (χ3n) is 3.35. The third-order valence-corrected chi connectivity index (χ3v) is 3.35. The van der Waals surface area contributed by atoms with Crippen molar-refractivity contribution in [2.24, 2.45) is 12.0 Å². The van der Waals surface area contributed by atoms with Gasteiger partial charge in [0.25, 0.3) is 0 Å². The van der Waals surface area contributed by atoms with E-state index in [1.807, 2.05) is 26.4 Å². The van der Waals surface area contributed by atoms with E-state index in [9.17, 15) is 4.39 Å². The van der Waals surface area contributed by atoms with Crippen molar-refractivity contribution in [3.8, 4) is 0 Å². The SMILES string of the molecule is CCNC(=NCCCF)N1CCOC(c2cnn(C)c2)C1.I. The highest BCUT2D eigenvalue weighted by molar-refractivity contribution is 14.0. The molecule has 8 heteroatoms. The lowest BCUT2D eigenvalue weighted by atomic mass is 10.1. The number of hydrogen-bond donors (Lipinski definition) is 1. The normalized spacial score (nSPS) is 19.0. The van der Waals surface area contributed by atoms with Crippen LogP contribution >= 0.6 is 24.0 Å². The highest BCUT2D eigenvalue weighted by atomic mass is 127. The highest BCUT2D eigenvalue weighted by Gasteiger charge is 2.24. The van der Waals surface area contributed by atoms with Crippen molar-refractivity contribution in [3.63, 3.8) is 0 Å². The van der Waals surface area contributed by atoms with Gasteiger partial charge in [0.15, 0.2) is 5.96 Å². The van der Waals surface area contributed by atoms with Crippen molar-refractivity contribution < 1.29 is 9.13 Å². The monoisotopic (exact) mass is 425 g/mol. The molecule has 1 aliphatic rings. The van der Waals surface area contributed by atoms with E-state index in [4.69, 9.17) is 4.74 Å². The van der Waals surface area contributed by atoms with Crippen LogP contribution in [0.1, 0.15) is 25.0 Å². The molecule has 1 saturated heterocycles. The number of ether oxygens (including phenoxy) is 1.